The van der Waals surface area contributed by atoms with Crippen molar-refractivity contribution in [3.8, 4) is 16.8 Å². The summed E-state index contributed by atoms with van der Waals surface area (Å²) < 4.78 is 1.85. The Balaban J connectivity index is 1.72. The molecule has 1 heterocycles. The summed E-state index contributed by atoms with van der Waals surface area (Å²) in [7, 11) is 0. The lowest BCUT2D eigenvalue weighted by Gasteiger charge is -2.16. The molecule has 1 amide bonds. The minimum absolute atomic E-state index is 0.0690. The molecular formula is C25H31N3O. The van der Waals surface area contributed by atoms with Crippen LogP contribution in [0.2, 0.25) is 0 Å². The van der Waals surface area contributed by atoms with Crippen molar-refractivity contribution in [2.45, 2.75) is 46.5 Å². The summed E-state index contributed by atoms with van der Waals surface area (Å²) in [5.74, 6) is 0.462. The highest BCUT2D eigenvalue weighted by atomic mass is 16.1. The zero-order valence-corrected chi connectivity index (χ0v) is 17.7. The predicted molar refractivity (Wildman–Crippen MR) is 119 cm³/mol. The first-order valence-corrected chi connectivity index (χ1v) is 10.6. The van der Waals surface area contributed by atoms with Gasteiger partial charge in [-0.05, 0) is 48.1 Å². The number of rotatable bonds is 9. The monoisotopic (exact) mass is 389 g/mol. The second-order valence-corrected chi connectivity index (χ2v) is 7.64. The Morgan fingerprint density at radius 3 is 2.55 bits per heavy atom. The number of hydrogen-bond acceptors (Lipinski definition) is 2. The molecule has 3 rings (SSSR count). The summed E-state index contributed by atoms with van der Waals surface area (Å²) in [4.78, 5) is 17.0. The Morgan fingerprint density at radius 1 is 1.10 bits per heavy atom. The van der Waals surface area contributed by atoms with Crippen LogP contribution < -0.4 is 5.32 Å². The number of benzene rings is 2. The van der Waals surface area contributed by atoms with Crippen molar-refractivity contribution in [2.24, 2.45) is 5.92 Å². The Hall–Kier alpha value is -2.88. The maximum atomic E-state index is 12.8. The molecule has 0 aliphatic carbocycles. The van der Waals surface area contributed by atoms with E-state index in [4.69, 9.17) is 0 Å². The molecule has 2 aromatic carbocycles. The summed E-state index contributed by atoms with van der Waals surface area (Å²) >= 11 is 0. The van der Waals surface area contributed by atoms with E-state index in [1.807, 2.05) is 16.7 Å². The van der Waals surface area contributed by atoms with E-state index in [2.05, 4.69) is 67.5 Å². The average Bonchev–Trinajstić information content (AvgIpc) is 3.24. The number of hydrogen-bond donors (Lipinski definition) is 1. The van der Waals surface area contributed by atoms with Crippen molar-refractivity contribution < 1.29 is 4.79 Å². The lowest BCUT2D eigenvalue weighted by atomic mass is 9.99. The summed E-state index contributed by atoms with van der Waals surface area (Å²) in [6, 6.07) is 16.6. The van der Waals surface area contributed by atoms with Gasteiger partial charge in [-0.15, -0.1) is 0 Å². The van der Waals surface area contributed by atoms with Crippen molar-refractivity contribution in [3.05, 3.63) is 72.3 Å². The van der Waals surface area contributed by atoms with Crippen molar-refractivity contribution in [2.75, 3.05) is 6.54 Å². The van der Waals surface area contributed by atoms with Gasteiger partial charge in [0, 0.05) is 12.2 Å². The Bertz CT molecular complexity index is 927. The van der Waals surface area contributed by atoms with Crippen molar-refractivity contribution in [3.63, 3.8) is 0 Å². The smallest absolute Gasteiger partial charge is 0.269 e. The summed E-state index contributed by atoms with van der Waals surface area (Å²) in [5, 5.41) is 3.10. The highest BCUT2D eigenvalue weighted by molar-refractivity contribution is 5.93. The van der Waals surface area contributed by atoms with Crippen LogP contribution in [0.4, 0.5) is 0 Å². The first-order valence-electron chi connectivity index (χ1n) is 10.6. The van der Waals surface area contributed by atoms with Gasteiger partial charge < -0.3 is 5.32 Å². The van der Waals surface area contributed by atoms with Gasteiger partial charge in [-0.2, -0.15) is 0 Å². The fourth-order valence-corrected chi connectivity index (χ4v) is 3.64. The number of unbranched alkanes of at least 4 members (excludes halogenated alkanes) is 1. The van der Waals surface area contributed by atoms with Crippen LogP contribution in [0.3, 0.4) is 0 Å². The molecule has 1 unspecified atom stereocenters. The maximum Gasteiger partial charge on any atom is 0.269 e. The fourth-order valence-electron chi connectivity index (χ4n) is 3.64. The van der Waals surface area contributed by atoms with E-state index in [1.54, 1.807) is 12.5 Å². The highest BCUT2D eigenvalue weighted by Crippen LogP contribution is 2.24. The standard InChI is InChI=1S/C25H31N3O/c1-4-6-10-20(5-2)16-27-25(29)24-17-26-18-28(24)22-14-12-21(13-15-22)23-11-8-7-9-19(23)3/h7-9,11-15,17-18,20H,4-6,10,16H2,1-3H3,(H,27,29). The quantitative estimate of drug-likeness (QED) is 0.503. The third-order valence-corrected chi connectivity index (χ3v) is 5.57. The Morgan fingerprint density at radius 2 is 1.86 bits per heavy atom. The van der Waals surface area contributed by atoms with Crippen LogP contribution in [-0.4, -0.2) is 22.0 Å². The number of imidazole rings is 1. The van der Waals surface area contributed by atoms with Gasteiger partial charge in [0.1, 0.15) is 5.69 Å². The number of aromatic nitrogens is 2. The van der Waals surface area contributed by atoms with E-state index in [0.717, 1.165) is 18.5 Å². The molecule has 0 radical (unpaired) electrons. The van der Waals surface area contributed by atoms with Crippen molar-refractivity contribution in [1.82, 2.24) is 14.9 Å². The number of nitrogens with zero attached hydrogens (tertiary/aromatic N) is 2. The van der Waals surface area contributed by atoms with E-state index in [1.165, 1.54) is 29.5 Å². The molecule has 0 saturated carbocycles. The summed E-state index contributed by atoms with van der Waals surface area (Å²) in [6.45, 7) is 7.22. The van der Waals surface area contributed by atoms with Gasteiger partial charge in [0.2, 0.25) is 0 Å². The van der Waals surface area contributed by atoms with Gasteiger partial charge in [-0.1, -0.05) is 69.5 Å². The second kappa shape index (κ2) is 10.1. The lowest BCUT2D eigenvalue weighted by molar-refractivity contribution is 0.0939. The van der Waals surface area contributed by atoms with Crippen molar-refractivity contribution in [1.29, 1.82) is 0 Å². The zero-order chi connectivity index (χ0) is 20.6. The lowest BCUT2D eigenvalue weighted by Crippen LogP contribution is -2.30. The molecule has 1 N–H and O–H groups in total. The normalized spacial score (nSPS) is 12.0. The van der Waals surface area contributed by atoms with Crippen LogP contribution in [-0.2, 0) is 0 Å². The minimum atomic E-state index is -0.0690. The van der Waals surface area contributed by atoms with Crippen LogP contribution in [0, 0.1) is 12.8 Å². The van der Waals surface area contributed by atoms with E-state index in [-0.39, 0.29) is 5.91 Å². The van der Waals surface area contributed by atoms with Crippen LogP contribution in [0.5, 0.6) is 0 Å². The molecule has 1 atom stereocenters. The van der Waals surface area contributed by atoms with E-state index in [9.17, 15) is 4.79 Å². The van der Waals surface area contributed by atoms with Crippen molar-refractivity contribution >= 4 is 5.91 Å². The third kappa shape index (κ3) is 5.14. The predicted octanol–water partition coefficient (Wildman–Crippen LogP) is 5.79. The van der Waals surface area contributed by atoms with E-state index >= 15 is 0 Å². The number of amides is 1. The Kier molecular flexibility index (Phi) is 7.23. The molecule has 4 heteroatoms. The van der Waals surface area contributed by atoms with Crippen LogP contribution in [0.25, 0.3) is 16.8 Å². The molecule has 0 aliphatic heterocycles. The minimum Gasteiger partial charge on any atom is -0.350 e. The van der Waals surface area contributed by atoms with Gasteiger partial charge >= 0.3 is 0 Å². The molecule has 152 valence electrons. The number of carbonyl (C=O) groups is 1. The van der Waals surface area contributed by atoms with Crippen LogP contribution in [0.15, 0.2) is 61.1 Å². The molecule has 0 spiro atoms. The second-order valence-electron chi connectivity index (χ2n) is 7.64. The number of carbonyl (C=O) groups excluding carboxylic acids is 1. The van der Waals surface area contributed by atoms with Gasteiger partial charge in [0.25, 0.3) is 5.91 Å². The van der Waals surface area contributed by atoms with E-state index < -0.39 is 0 Å². The van der Waals surface area contributed by atoms with Gasteiger partial charge in [-0.25, -0.2) is 4.98 Å². The molecule has 1 aromatic heterocycles. The summed E-state index contributed by atoms with van der Waals surface area (Å²) in [5.41, 5.74) is 5.14. The molecule has 3 aromatic rings. The fraction of sp³-hybridized carbons (Fsp3) is 0.360. The molecular weight excluding hydrogens is 358 g/mol. The number of aryl methyl sites for hydroxylation is 1. The third-order valence-electron chi connectivity index (χ3n) is 5.57. The molecule has 0 aliphatic rings. The van der Waals surface area contributed by atoms with Crippen LogP contribution in [0.1, 0.15) is 55.6 Å². The zero-order valence-electron chi connectivity index (χ0n) is 17.7. The van der Waals surface area contributed by atoms with Gasteiger partial charge in [0.05, 0.1) is 12.5 Å². The van der Waals surface area contributed by atoms with Crippen LogP contribution >= 0.6 is 0 Å². The first kappa shape index (κ1) is 20.8. The highest BCUT2D eigenvalue weighted by Gasteiger charge is 2.15. The Labute approximate surface area is 174 Å². The van der Waals surface area contributed by atoms with Gasteiger partial charge in [-0.3, -0.25) is 9.36 Å². The topological polar surface area (TPSA) is 46.9 Å². The van der Waals surface area contributed by atoms with E-state index in [0.29, 0.717) is 18.2 Å². The SMILES string of the molecule is CCCCC(CC)CNC(=O)c1cncn1-c1ccc(-c2ccccc2C)cc1. The molecule has 29 heavy (non-hydrogen) atoms. The molecule has 0 saturated heterocycles. The van der Waals surface area contributed by atoms with Gasteiger partial charge in [0.15, 0.2) is 0 Å². The number of nitrogens with one attached hydrogen (secondary N) is 1. The summed E-state index contributed by atoms with van der Waals surface area (Å²) in [6.07, 6.45) is 7.98. The average molecular weight is 390 g/mol. The molecule has 0 bridgehead atoms. The largest absolute Gasteiger partial charge is 0.350 e. The maximum absolute atomic E-state index is 12.8. The first-order chi connectivity index (χ1) is 14.1. The molecule has 4 nitrogen and oxygen atoms in total. The molecule has 0 fully saturated rings.